The minimum absolute atomic E-state index is 0.0257. The van der Waals surface area contributed by atoms with Gasteiger partial charge in [0.25, 0.3) is 11.8 Å². The third kappa shape index (κ3) is 4.21. The van der Waals surface area contributed by atoms with Crippen molar-refractivity contribution in [3.63, 3.8) is 0 Å². The van der Waals surface area contributed by atoms with Crippen LogP contribution < -0.4 is 5.32 Å². The van der Waals surface area contributed by atoms with Crippen LogP contribution in [0, 0.1) is 0 Å². The van der Waals surface area contributed by atoms with Crippen LogP contribution >= 0.6 is 0 Å². The standard InChI is InChI=1S/C17H21N3O5S/c21-12-19-6-8-20(9-7-19)17(23)14-3-1-13(2-4-14)16(22)18-15-5-10-26(24,25)11-15/h1-4,12,15H,5-11H2,(H,18,22). The van der Waals surface area contributed by atoms with Crippen molar-refractivity contribution in [1.29, 1.82) is 0 Å². The van der Waals surface area contributed by atoms with Crippen molar-refractivity contribution >= 4 is 28.1 Å². The van der Waals surface area contributed by atoms with Crippen molar-refractivity contribution in [2.45, 2.75) is 12.5 Å². The molecule has 0 spiro atoms. The van der Waals surface area contributed by atoms with Crippen molar-refractivity contribution in [2.75, 3.05) is 37.7 Å². The summed E-state index contributed by atoms with van der Waals surface area (Å²) in [5.74, 6) is -0.403. The average molecular weight is 379 g/mol. The molecule has 0 saturated carbocycles. The van der Waals surface area contributed by atoms with Gasteiger partial charge in [0.15, 0.2) is 9.84 Å². The lowest BCUT2D eigenvalue weighted by molar-refractivity contribution is -0.119. The van der Waals surface area contributed by atoms with Crippen molar-refractivity contribution in [3.8, 4) is 0 Å². The minimum Gasteiger partial charge on any atom is -0.348 e. The molecule has 0 aliphatic carbocycles. The highest BCUT2D eigenvalue weighted by Gasteiger charge is 2.29. The number of rotatable bonds is 4. The molecular formula is C17H21N3O5S. The second-order valence-electron chi connectivity index (χ2n) is 6.58. The summed E-state index contributed by atoms with van der Waals surface area (Å²) in [4.78, 5) is 38.7. The summed E-state index contributed by atoms with van der Waals surface area (Å²) < 4.78 is 22.9. The lowest BCUT2D eigenvalue weighted by atomic mass is 10.1. The Morgan fingerprint density at radius 2 is 1.65 bits per heavy atom. The van der Waals surface area contributed by atoms with Crippen molar-refractivity contribution in [1.82, 2.24) is 15.1 Å². The van der Waals surface area contributed by atoms with Gasteiger partial charge in [-0.05, 0) is 30.7 Å². The normalized spacial score (nSPS) is 22.1. The fourth-order valence-corrected chi connectivity index (χ4v) is 4.83. The topological polar surface area (TPSA) is 104 Å². The maximum atomic E-state index is 12.5. The summed E-state index contributed by atoms with van der Waals surface area (Å²) in [7, 11) is -3.05. The third-order valence-corrected chi connectivity index (χ3v) is 6.48. The van der Waals surface area contributed by atoms with Gasteiger partial charge in [-0.25, -0.2) is 8.42 Å². The first-order chi connectivity index (χ1) is 12.4. The number of piperazine rings is 1. The summed E-state index contributed by atoms with van der Waals surface area (Å²) in [5, 5.41) is 2.72. The summed E-state index contributed by atoms with van der Waals surface area (Å²) in [6.07, 6.45) is 1.21. The number of carbonyl (C=O) groups is 3. The Morgan fingerprint density at radius 3 is 2.19 bits per heavy atom. The smallest absolute Gasteiger partial charge is 0.253 e. The fraction of sp³-hybridized carbons (Fsp3) is 0.471. The predicted octanol–water partition coefficient (Wildman–Crippen LogP) is -0.482. The quantitative estimate of drug-likeness (QED) is 0.712. The van der Waals surface area contributed by atoms with E-state index < -0.39 is 9.84 Å². The van der Waals surface area contributed by atoms with Gasteiger partial charge in [-0.2, -0.15) is 0 Å². The molecule has 1 aromatic carbocycles. The van der Waals surface area contributed by atoms with Gasteiger partial charge in [-0.3, -0.25) is 14.4 Å². The van der Waals surface area contributed by atoms with Crippen LogP contribution in [-0.2, 0) is 14.6 Å². The SMILES string of the molecule is O=CN1CCN(C(=O)c2ccc(C(=O)NC3CCS(=O)(=O)C3)cc2)CC1. The number of hydrogen-bond donors (Lipinski definition) is 1. The van der Waals surface area contributed by atoms with Crippen LogP contribution in [0.3, 0.4) is 0 Å². The zero-order valence-electron chi connectivity index (χ0n) is 14.3. The van der Waals surface area contributed by atoms with Gasteiger partial charge < -0.3 is 15.1 Å². The Balaban J connectivity index is 1.58. The first-order valence-electron chi connectivity index (χ1n) is 8.48. The minimum atomic E-state index is -3.05. The molecule has 3 amide bonds. The van der Waals surface area contributed by atoms with E-state index >= 15 is 0 Å². The number of hydrogen-bond acceptors (Lipinski definition) is 5. The molecule has 26 heavy (non-hydrogen) atoms. The molecule has 3 rings (SSSR count). The molecule has 2 fully saturated rings. The fourth-order valence-electron chi connectivity index (χ4n) is 3.15. The van der Waals surface area contributed by atoms with Gasteiger partial charge in [0.05, 0.1) is 11.5 Å². The molecule has 8 nitrogen and oxygen atoms in total. The maximum absolute atomic E-state index is 12.5. The predicted molar refractivity (Wildman–Crippen MR) is 94.5 cm³/mol. The van der Waals surface area contributed by atoms with Gasteiger partial charge in [0.2, 0.25) is 6.41 Å². The van der Waals surface area contributed by atoms with E-state index in [-0.39, 0.29) is 29.4 Å². The van der Waals surface area contributed by atoms with Crippen LogP contribution in [0.25, 0.3) is 0 Å². The number of nitrogens with one attached hydrogen (secondary N) is 1. The second-order valence-corrected chi connectivity index (χ2v) is 8.81. The number of benzene rings is 1. The van der Waals surface area contributed by atoms with Crippen LogP contribution in [0.4, 0.5) is 0 Å². The third-order valence-electron chi connectivity index (χ3n) is 4.71. The molecule has 0 bridgehead atoms. The Labute approximate surface area is 152 Å². The number of sulfone groups is 1. The lowest BCUT2D eigenvalue weighted by Gasteiger charge is -2.32. The highest BCUT2D eigenvalue weighted by molar-refractivity contribution is 7.91. The van der Waals surface area contributed by atoms with E-state index in [0.29, 0.717) is 43.7 Å². The molecule has 0 radical (unpaired) electrons. The van der Waals surface area contributed by atoms with Crippen LogP contribution in [0.15, 0.2) is 24.3 Å². The average Bonchev–Trinajstić information content (AvgIpc) is 2.99. The van der Waals surface area contributed by atoms with E-state index in [4.69, 9.17) is 0 Å². The van der Waals surface area contributed by atoms with Crippen LogP contribution in [0.1, 0.15) is 27.1 Å². The lowest BCUT2D eigenvalue weighted by Crippen LogP contribution is -2.48. The molecule has 1 unspecified atom stereocenters. The molecule has 140 valence electrons. The van der Waals surface area contributed by atoms with E-state index in [2.05, 4.69) is 5.32 Å². The van der Waals surface area contributed by atoms with E-state index in [1.54, 1.807) is 34.1 Å². The summed E-state index contributed by atoms with van der Waals surface area (Å²) in [6, 6.07) is 5.95. The number of nitrogens with zero attached hydrogens (tertiary/aromatic N) is 2. The highest BCUT2D eigenvalue weighted by atomic mass is 32.2. The zero-order valence-corrected chi connectivity index (χ0v) is 15.1. The molecule has 1 atom stereocenters. The summed E-state index contributed by atoms with van der Waals surface area (Å²) in [6.45, 7) is 1.99. The van der Waals surface area contributed by atoms with Crippen molar-refractivity contribution < 1.29 is 22.8 Å². The van der Waals surface area contributed by atoms with Crippen molar-refractivity contribution in [3.05, 3.63) is 35.4 Å². The van der Waals surface area contributed by atoms with Gasteiger partial charge in [-0.15, -0.1) is 0 Å². The summed E-state index contributed by atoms with van der Waals surface area (Å²) >= 11 is 0. The first-order valence-corrected chi connectivity index (χ1v) is 10.3. The van der Waals surface area contributed by atoms with E-state index in [1.807, 2.05) is 0 Å². The van der Waals surface area contributed by atoms with E-state index in [9.17, 15) is 22.8 Å². The molecule has 2 heterocycles. The summed E-state index contributed by atoms with van der Waals surface area (Å²) in [5.41, 5.74) is 0.862. The monoisotopic (exact) mass is 379 g/mol. The first kappa shape index (κ1) is 18.4. The van der Waals surface area contributed by atoms with Gasteiger partial charge in [0, 0.05) is 43.3 Å². The Hall–Kier alpha value is -2.42. The van der Waals surface area contributed by atoms with Crippen molar-refractivity contribution in [2.24, 2.45) is 0 Å². The van der Waals surface area contributed by atoms with Crippen LogP contribution in [-0.4, -0.2) is 80.2 Å². The van der Waals surface area contributed by atoms with E-state index in [0.717, 1.165) is 6.41 Å². The maximum Gasteiger partial charge on any atom is 0.253 e. The molecule has 1 N–H and O–H groups in total. The molecular weight excluding hydrogens is 358 g/mol. The van der Waals surface area contributed by atoms with Gasteiger partial charge in [0.1, 0.15) is 0 Å². The largest absolute Gasteiger partial charge is 0.348 e. The Morgan fingerprint density at radius 1 is 1.04 bits per heavy atom. The zero-order chi connectivity index (χ0) is 18.7. The number of amides is 3. The Bertz CT molecular complexity index is 798. The Kier molecular flexibility index (Phi) is 5.26. The molecule has 2 saturated heterocycles. The van der Waals surface area contributed by atoms with Crippen LogP contribution in [0.5, 0.6) is 0 Å². The number of carbonyl (C=O) groups excluding carboxylic acids is 3. The van der Waals surface area contributed by atoms with Gasteiger partial charge in [-0.1, -0.05) is 0 Å². The molecule has 0 aromatic heterocycles. The second kappa shape index (κ2) is 7.45. The molecule has 2 aliphatic rings. The molecule has 2 aliphatic heterocycles. The van der Waals surface area contributed by atoms with E-state index in [1.165, 1.54) is 0 Å². The van der Waals surface area contributed by atoms with Gasteiger partial charge >= 0.3 is 0 Å². The molecule has 9 heteroatoms. The molecule has 1 aromatic rings. The highest BCUT2D eigenvalue weighted by Crippen LogP contribution is 2.14. The van der Waals surface area contributed by atoms with Crippen LogP contribution in [0.2, 0.25) is 0 Å².